The second-order valence-electron chi connectivity index (χ2n) is 5.34. The van der Waals surface area contributed by atoms with Crippen LogP contribution in [0, 0.1) is 6.92 Å². The molecule has 0 spiro atoms. The molecule has 122 valence electrons. The maximum Gasteiger partial charge on any atom is 0.120 e. The van der Waals surface area contributed by atoms with Gasteiger partial charge in [0.25, 0.3) is 0 Å². The van der Waals surface area contributed by atoms with Crippen molar-refractivity contribution in [3.63, 3.8) is 0 Å². The fourth-order valence-electron chi connectivity index (χ4n) is 2.41. The number of hydrogen-bond acceptors (Lipinski definition) is 4. The third-order valence-electron chi connectivity index (χ3n) is 3.49. The normalized spacial score (nSPS) is 11.1. The third-order valence-corrected chi connectivity index (χ3v) is 3.74. The zero-order chi connectivity index (χ0) is 16.9. The molecule has 3 aromatic rings. The van der Waals surface area contributed by atoms with Crippen molar-refractivity contribution in [1.82, 2.24) is 4.98 Å². The molecule has 4 nitrogen and oxygen atoms in total. The highest BCUT2D eigenvalue weighted by molar-refractivity contribution is 6.30. The van der Waals surface area contributed by atoms with Crippen LogP contribution in [0.4, 0.5) is 5.69 Å². The van der Waals surface area contributed by atoms with Crippen molar-refractivity contribution in [1.29, 1.82) is 0 Å². The highest BCUT2D eigenvalue weighted by Gasteiger charge is 2.05. The molecule has 1 aromatic heterocycles. The molecular weight excluding hydrogens is 322 g/mol. The van der Waals surface area contributed by atoms with E-state index in [2.05, 4.69) is 15.5 Å². The monoisotopic (exact) mass is 339 g/mol. The summed E-state index contributed by atoms with van der Waals surface area (Å²) < 4.78 is 5.58. The number of nitrogens with zero attached hydrogens (tertiary/aromatic N) is 2. The number of pyridine rings is 1. The van der Waals surface area contributed by atoms with Gasteiger partial charge in [0.15, 0.2) is 0 Å². The molecule has 1 heterocycles. The Bertz CT molecular complexity index is 876. The van der Waals surface area contributed by atoms with E-state index in [1.165, 1.54) is 0 Å². The number of anilines is 1. The minimum atomic E-state index is 0.627. The van der Waals surface area contributed by atoms with E-state index in [0.29, 0.717) is 11.6 Å². The summed E-state index contributed by atoms with van der Waals surface area (Å²) in [5.74, 6) is 0.820. The zero-order valence-corrected chi connectivity index (χ0v) is 14.3. The molecule has 0 saturated heterocycles. The van der Waals surface area contributed by atoms with Crippen LogP contribution in [0.5, 0.6) is 5.75 Å². The Morgan fingerprint density at radius 1 is 1.17 bits per heavy atom. The van der Waals surface area contributed by atoms with Gasteiger partial charge in [-0.25, -0.2) is 0 Å². The molecule has 2 aromatic carbocycles. The minimum absolute atomic E-state index is 0.627. The van der Waals surface area contributed by atoms with Gasteiger partial charge >= 0.3 is 0 Å². The van der Waals surface area contributed by atoms with E-state index in [9.17, 15) is 0 Å². The van der Waals surface area contributed by atoms with E-state index >= 15 is 0 Å². The summed E-state index contributed by atoms with van der Waals surface area (Å²) in [7, 11) is 0. The average Bonchev–Trinajstić information content (AvgIpc) is 2.57. The van der Waals surface area contributed by atoms with Crippen molar-refractivity contribution in [2.75, 3.05) is 12.0 Å². The Morgan fingerprint density at radius 3 is 2.71 bits per heavy atom. The Balaban J connectivity index is 1.89. The molecule has 0 saturated carbocycles. The SMILES string of the molecule is CCOc1ccc2nc(C)cc(N/N=C/c3ccc(Cl)cc3)c2c1. The number of aryl methyl sites for hydroxylation is 1. The first-order chi connectivity index (χ1) is 11.7. The first-order valence-electron chi connectivity index (χ1n) is 7.74. The van der Waals surface area contributed by atoms with E-state index in [0.717, 1.165) is 33.6 Å². The van der Waals surface area contributed by atoms with Crippen LogP contribution in [-0.4, -0.2) is 17.8 Å². The molecular formula is C19H18ClN3O. The van der Waals surface area contributed by atoms with E-state index in [1.54, 1.807) is 6.21 Å². The fraction of sp³-hybridized carbons (Fsp3) is 0.158. The highest BCUT2D eigenvalue weighted by atomic mass is 35.5. The number of fused-ring (bicyclic) bond motifs is 1. The molecule has 0 aliphatic carbocycles. The van der Waals surface area contributed by atoms with Crippen LogP contribution >= 0.6 is 11.6 Å². The van der Waals surface area contributed by atoms with Crippen LogP contribution in [0.25, 0.3) is 10.9 Å². The Kier molecular flexibility index (Phi) is 4.96. The summed E-state index contributed by atoms with van der Waals surface area (Å²) in [5.41, 5.74) is 6.80. The molecule has 0 radical (unpaired) electrons. The number of ether oxygens (including phenoxy) is 1. The molecule has 3 rings (SSSR count). The molecule has 0 atom stereocenters. The van der Waals surface area contributed by atoms with Gasteiger partial charge in [0.05, 0.1) is 24.0 Å². The topological polar surface area (TPSA) is 46.5 Å². The maximum absolute atomic E-state index is 5.89. The van der Waals surface area contributed by atoms with Gasteiger partial charge in [-0.05, 0) is 55.8 Å². The van der Waals surface area contributed by atoms with Crippen LogP contribution in [0.2, 0.25) is 5.02 Å². The summed E-state index contributed by atoms with van der Waals surface area (Å²) in [4.78, 5) is 4.55. The maximum atomic E-state index is 5.89. The van der Waals surface area contributed by atoms with E-state index in [-0.39, 0.29) is 0 Å². The fourth-order valence-corrected chi connectivity index (χ4v) is 2.54. The van der Waals surface area contributed by atoms with Gasteiger partial charge < -0.3 is 4.74 Å². The number of hydrogen-bond donors (Lipinski definition) is 1. The van der Waals surface area contributed by atoms with Crippen molar-refractivity contribution in [2.45, 2.75) is 13.8 Å². The second kappa shape index (κ2) is 7.32. The van der Waals surface area contributed by atoms with Crippen LogP contribution in [0.1, 0.15) is 18.2 Å². The predicted octanol–water partition coefficient (Wildman–Crippen LogP) is 5.04. The van der Waals surface area contributed by atoms with Crippen molar-refractivity contribution in [3.8, 4) is 5.75 Å². The quantitative estimate of drug-likeness (QED) is 0.523. The molecule has 0 bridgehead atoms. The first-order valence-corrected chi connectivity index (χ1v) is 8.12. The molecule has 0 aliphatic rings. The molecule has 1 N–H and O–H groups in total. The highest BCUT2D eigenvalue weighted by Crippen LogP contribution is 2.27. The van der Waals surface area contributed by atoms with E-state index in [4.69, 9.17) is 16.3 Å². The largest absolute Gasteiger partial charge is 0.494 e. The van der Waals surface area contributed by atoms with Crippen molar-refractivity contribution < 1.29 is 4.74 Å². The molecule has 0 unspecified atom stereocenters. The minimum Gasteiger partial charge on any atom is -0.494 e. The van der Waals surface area contributed by atoms with Gasteiger partial charge in [0, 0.05) is 16.1 Å². The number of hydrazone groups is 1. The number of rotatable bonds is 5. The molecule has 5 heteroatoms. The van der Waals surface area contributed by atoms with Gasteiger partial charge in [-0.3, -0.25) is 10.4 Å². The van der Waals surface area contributed by atoms with Crippen LogP contribution < -0.4 is 10.2 Å². The van der Waals surface area contributed by atoms with E-state index in [1.807, 2.05) is 62.4 Å². The Labute approximate surface area is 146 Å². The lowest BCUT2D eigenvalue weighted by molar-refractivity contribution is 0.340. The second-order valence-corrected chi connectivity index (χ2v) is 5.78. The zero-order valence-electron chi connectivity index (χ0n) is 13.6. The lowest BCUT2D eigenvalue weighted by atomic mass is 10.1. The first kappa shape index (κ1) is 16.3. The molecule has 0 amide bonds. The van der Waals surface area contributed by atoms with Crippen molar-refractivity contribution in [3.05, 3.63) is 64.8 Å². The van der Waals surface area contributed by atoms with Gasteiger partial charge in [-0.1, -0.05) is 23.7 Å². The Morgan fingerprint density at radius 2 is 1.96 bits per heavy atom. The Hall–Kier alpha value is -2.59. The number of halogens is 1. The van der Waals surface area contributed by atoms with Crippen LogP contribution in [-0.2, 0) is 0 Å². The van der Waals surface area contributed by atoms with Gasteiger partial charge in [0.1, 0.15) is 5.75 Å². The lowest BCUT2D eigenvalue weighted by Crippen LogP contribution is -1.96. The molecule has 0 fully saturated rings. The summed E-state index contributed by atoms with van der Waals surface area (Å²) in [6, 6.07) is 15.3. The van der Waals surface area contributed by atoms with Crippen molar-refractivity contribution >= 4 is 34.4 Å². The molecule has 24 heavy (non-hydrogen) atoms. The van der Waals surface area contributed by atoms with Crippen LogP contribution in [0.15, 0.2) is 53.6 Å². The van der Waals surface area contributed by atoms with E-state index < -0.39 is 0 Å². The lowest BCUT2D eigenvalue weighted by Gasteiger charge is -2.09. The van der Waals surface area contributed by atoms with Crippen molar-refractivity contribution in [2.24, 2.45) is 5.10 Å². The summed E-state index contributed by atoms with van der Waals surface area (Å²) in [6.45, 7) is 4.55. The summed E-state index contributed by atoms with van der Waals surface area (Å²) in [6.07, 6.45) is 1.75. The van der Waals surface area contributed by atoms with Gasteiger partial charge in [-0.15, -0.1) is 0 Å². The average molecular weight is 340 g/mol. The van der Waals surface area contributed by atoms with Gasteiger partial charge in [-0.2, -0.15) is 5.10 Å². The smallest absolute Gasteiger partial charge is 0.120 e. The number of nitrogens with one attached hydrogen (secondary N) is 1. The number of aromatic nitrogens is 1. The molecule has 0 aliphatic heterocycles. The summed E-state index contributed by atoms with van der Waals surface area (Å²) in [5, 5.41) is 6.00. The third kappa shape index (κ3) is 3.84. The predicted molar refractivity (Wildman–Crippen MR) is 100 cm³/mol. The van der Waals surface area contributed by atoms with Crippen LogP contribution in [0.3, 0.4) is 0 Å². The summed E-state index contributed by atoms with van der Waals surface area (Å²) >= 11 is 5.89. The standard InChI is InChI=1S/C19H18ClN3O/c1-3-24-16-8-9-18-17(11-16)19(10-13(2)22-18)23-21-12-14-4-6-15(20)7-5-14/h4-12H,3H2,1-2H3,(H,22,23)/b21-12+. The number of benzene rings is 2. The van der Waals surface area contributed by atoms with Gasteiger partial charge in [0.2, 0.25) is 0 Å².